The van der Waals surface area contributed by atoms with E-state index < -0.39 is 12.1 Å². The highest BCUT2D eigenvalue weighted by Gasteiger charge is 2.38. The fourth-order valence-corrected chi connectivity index (χ4v) is 4.49. The summed E-state index contributed by atoms with van der Waals surface area (Å²) >= 11 is 6.00. The number of halogens is 4. The van der Waals surface area contributed by atoms with Gasteiger partial charge in [-0.25, -0.2) is 4.68 Å². The molecular formula is C24H24ClF3N4O2. The maximum absolute atomic E-state index is 13.2. The molecule has 3 aromatic rings. The molecule has 1 fully saturated rings. The van der Waals surface area contributed by atoms with Gasteiger partial charge >= 0.3 is 12.1 Å². The van der Waals surface area contributed by atoms with Gasteiger partial charge in [0.1, 0.15) is 0 Å². The molecule has 1 aliphatic heterocycles. The highest BCUT2D eigenvalue weighted by molar-refractivity contribution is 6.30. The molecule has 0 saturated carbocycles. The number of amides is 1. The Morgan fingerprint density at radius 2 is 1.82 bits per heavy atom. The molecule has 1 N–H and O–H groups in total. The van der Waals surface area contributed by atoms with Gasteiger partial charge < -0.3 is 5.32 Å². The van der Waals surface area contributed by atoms with Gasteiger partial charge in [0.05, 0.1) is 17.6 Å². The van der Waals surface area contributed by atoms with Crippen LogP contribution in [0.3, 0.4) is 0 Å². The summed E-state index contributed by atoms with van der Waals surface area (Å²) in [4.78, 5) is 26.2. The fourth-order valence-electron chi connectivity index (χ4n) is 4.36. The number of benzene rings is 2. The Balaban J connectivity index is 1.54. The van der Waals surface area contributed by atoms with Crippen LogP contribution in [0.25, 0.3) is 10.8 Å². The first-order valence-corrected chi connectivity index (χ1v) is 11.4. The monoisotopic (exact) mass is 492 g/mol. The van der Waals surface area contributed by atoms with Crippen LogP contribution in [-0.4, -0.2) is 52.4 Å². The van der Waals surface area contributed by atoms with Gasteiger partial charge in [0.25, 0.3) is 5.56 Å². The van der Waals surface area contributed by atoms with E-state index in [9.17, 15) is 22.8 Å². The van der Waals surface area contributed by atoms with Gasteiger partial charge in [-0.2, -0.15) is 18.3 Å². The lowest BCUT2D eigenvalue weighted by Crippen LogP contribution is -2.44. The standard InChI is InChI=1S/C24H24ClF3N4O2/c25-17-9-7-16(8-10-17)14-21-19-5-1-2-6-20(19)22(33)32(30-21)15-18-4-3-12-31(18)13-11-29-23(34)24(26,27)28/h1-2,5-10,18H,3-4,11-15H2,(H,29,34)/t18-/m1/s1. The van der Waals surface area contributed by atoms with Gasteiger partial charge in [-0.15, -0.1) is 0 Å². The number of alkyl halides is 3. The fraction of sp³-hybridized carbons (Fsp3) is 0.375. The summed E-state index contributed by atoms with van der Waals surface area (Å²) in [6.07, 6.45) is -2.72. The highest BCUT2D eigenvalue weighted by Crippen LogP contribution is 2.21. The minimum Gasteiger partial charge on any atom is -0.347 e. The SMILES string of the molecule is O=C(NCCN1CCC[C@@H]1Cn1nc(Cc2ccc(Cl)cc2)c2ccccc2c1=O)C(F)(F)F. The zero-order valence-electron chi connectivity index (χ0n) is 18.3. The number of carbonyl (C=O) groups is 1. The average molecular weight is 493 g/mol. The van der Waals surface area contributed by atoms with Crippen LogP contribution in [0.4, 0.5) is 13.2 Å². The van der Waals surface area contributed by atoms with Gasteiger partial charge in [-0.1, -0.05) is 41.9 Å². The number of hydrogen-bond acceptors (Lipinski definition) is 4. The molecule has 0 radical (unpaired) electrons. The van der Waals surface area contributed by atoms with Crippen molar-refractivity contribution in [3.63, 3.8) is 0 Å². The Morgan fingerprint density at radius 1 is 1.12 bits per heavy atom. The van der Waals surface area contributed by atoms with Crippen LogP contribution in [0, 0.1) is 0 Å². The lowest BCUT2D eigenvalue weighted by Gasteiger charge is -2.25. The van der Waals surface area contributed by atoms with Gasteiger partial charge in [-0.05, 0) is 43.1 Å². The van der Waals surface area contributed by atoms with Crippen molar-refractivity contribution in [3.8, 4) is 0 Å². The molecule has 10 heteroatoms. The number of rotatable bonds is 7. The van der Waals surface area contributed by atoms with Crippen LogP contribution in [0.2, 0.25) is 5.02 Å². The third-order valence-electron chi connectivity index (χ3n) is 6.05. The van der Waals surface area contributed by atoms with Crippen LogP contribution < -0.4 is 10.9 Å². The van der Waals surface area contributed by atoms with Crippen molar-refractivity contribution in [2.45, 2.75) is 38.0 Å². The number of aromatic nitrogens is 2. The zero-order valence-corrected chi connectivity index (χ0v) is 19.1. The number of carbonyl (C=O) groups excluding carboxylic acids is 1. The molecule has 34 heavy (non-hydrogen) atoms. The normalized spacial score (nSPS) is 16.8. The van der Waals surface area contributed by atoms with E-state index in [1.807, 2.05) is 52.7 Å². The van der Waals surface area contributed by atoms with E-state index in [0.29, 0.717) is 29.9 Å². The summed E-state index contributed by atoms with van der Waals surface area (Å²) in [5.74, 6) is -1.94. The molecule has 2 heterocycles. The smallest absolute Gasteiger partial charge is 0.347 e. The first-order valence-electron chi connectivity index (χ1n) is 11.0. The van der Waals surface area contributed by atoms with Gasteiger partial charge in [0.15, 0.2) is 0 Å². The minimum atomic E-state index is -4.90. The van der Waals surface area contributed by atoms with Gasteiger partial charge in [0.2, 0.25) is 0 Å². The predicted octanol–water partition coefficient (Wildman–Crippen LogP) is 3.78. The Hall–Kier alpha value is -2.91. The van der Waals surface area contributed by atoms with Crippen molar-refractivity contribution in [2.75, 3.05) is 19.6 Å². The molecule has 180 valence electrons. The van der Waals surface area contributed by atoms with Crippen LogP contribution in [0.1, 0.15) is 24.1 Å². The molecule has 1 aliphatic rings. The van der Waals surface area contributed by atoms with Gasteiger partial charge in [0, 0.05) is 36.0 Å². The number of hydrogen-bond donors (Lipinski definition) is 1. The number of nitrogens with zero attached hydrogens (tertiary/aromatic N) is 3. The lowest BCUT2D eigenvalue weighted by molar-refractivity contribution is -0.173. The zero-order chi connectivity index (χ0) is 24.3. The van der Waals surface area contributed by atoms with Crippen molar-refractivity contribution < 1.29 is 18.0 Å². The molecular weight excluding hydrogens is 469 g/mol. The summed E-state index contributed by atoms with van der Waals surface area (Å²) in [6.45, 7) is 1.17. The van der Waals surface area contributed by atoms with Crippen molar-refractivity contribution in [1.29, 1.82) is 0 Å². The van der Waals surface area contributed by atoms with E-state index in [4.69, 9.17) is 11.6 Å². The predicted molar refractivity (Wildman–Crippen MR) is 124 cm³/mol. The number of nitrogens with one attached hydrogen (secondary N) is 1. The molecule has 6 nitrogen and oxygen atoms in total. The summed E-state index contributed by atoms with van der Waals surface area (Å²) in [5, 5.41) is 8.59. The molecule has 1 atom stereocenters. The van der Waals surface area contributed by atoms with Crippen molar-refractivity contribution in [2.24, 2.45) is 0 Å². The molecule has 2 aromatic carbocycles. The van der Waals surface area contributed by atoms with Crippen LogP contribution in [0.15, 0.2) is 53.3 Å². The summed E-state index contributed by atoms with van der Waals surface area (Å²) in [6, 6.07) is 14.7. The Bertz CT molecular complexity index is 1230. The van der Waals surface area contributed by atoms with Crippen molar-refractivity contribution >= 4 is 28.3 Å². The maximum Gasteiger partial charge on any atom is 0.471 e. The van der Waals surface area contributed by atoms with E-state index in [1.165, 1.54) is 4.68 Å². The van der Waals surface area contributed by atoms with E-state index >= 15 is 0 Å². The molecule has 0 bridgehead atoms. The van der Waals surface area contributed by atoms with E-state index in [0.717, 1.165) is 29.5 Å². The Labute approximate surface area is 199 Å². The average Bonchev–Trinajstić information content (AvgIpc) is 3.24. The molecule has 0 unspecified atom stereocenters. The molecule has 0 aliphatic carbocycles. The third kappa shape index (κ3) is 5.59. The molecule has 0 spiro atoms. The van der Waals surface area contributed by atoms with E-state index in [2.05, 4.69) is 5.10 Å². The first kappa shape index (κ1) is 24.2. The largest absolute Gasteiger partial charge is 0.471 e. The summed E-state index contributed by atoms with van der Waals surface area (Å²) in [5.41, 5.74) is 1.57. The summed E-state index contributed by atoms with van der Waals surface area (Å²) in [7, 11) is 0. The van der Waals surface area contributed by atoms with Crippen LogP contribution >= 0.6 is 11.6 Å². The quantitative estimate of drug-likeness (QED) is 0.545. The second-order valence-corrected chi connectivity index (χ2v) is 8.80. The lowest BCUT2D eigenvalue weighted by atomic mass is 10.0. The van der Waals surface area contributed by atoms with Crippen LogP contribution in [-0.2, 0) is 17.8 Å². The Kier molecular flexibility index (Phi) is 7.23. The molecule has 1 saturated heterocycles. The van der Waals surface area contributed by atoms with Crippen molar-refractivity contribution in [1.82, 2.24) is 20.0 Å². The van der Waals surface area contributed by atoms with Crippen molar-refractivity contribution in [3.05, 3.63) is 75.2 Å². The van der Waals surface area contributed by atoms with E-state index in [1.54, 1.807) is 6.07 Å². The first-order chi connectivity index (χ1) is 16.2. The highest BCUT2D eigenvalue weighted by atomic mass is 35.5. The number of likely N-dealkylation sites (tertiary alicyclic amines) is 1. The third-order valence-corrected chi connectivity index (χ3v) is 6.31. The molecule has 4 rings (SSSR count). The number of fused-ring (bicyclic) bond motifs is 1. The second kappa shape index (κ2) is 10.1. The minimum absolute atomic E-state index is 0.0578. The Morgan fingerprint density at radius 3 is 2.53 bits per heavy atom. The summed E-state index contributed by atoms with van der Waals surface area (Å²) < 4.78 is 38.7. The van der Waals surface area contributed by atoms with E-state index in [-0.39, 0.29) is 24.7 Å². The maximum atomic E-state index is 13.2. The topological polar surface area (TPSA) is 67.2 Å². The molecule has 1 amide bonds. The van der Waals surface area contributed by atoms with Crippen LogP contribution in [0.5, 0.6) is 0 Å². The molecule has 1 aromatic heterocycles. The van der Waals surface area contributed by atoms with Gasteiger partial charge in [-0.3, -0.25) is 14.5 Å². The second-order valence-electron chi connectivity index (χ2n) is 8.37.